The molecule has 0 atom stereocenters. The van der Waals surface area contributed by atoms with Crippen LogP contribution in [0.3, 0.4) is 0 Å². The molecule has 28 heavy (non-hydrogen) atoms. The van der Waals surface area contributed by atoms with E-state index in [9.17, 15) is 0 Å². The van der Waals surface area contributed by atoms with Crippen LogP contribution in [0.1, 0.15) is 18.9 Å². The van der Waals surface area contributed by atoms with E-state index in [1.165, 1.54) is 0 Å². The summed E-state index contributed by atoms with van der Waals surface area (Å²) < 4.78 is 3.67. The molecular weight excluding hydrogens is 354 g/mol. The second kappa shape index (κ2) is 6.76. The van der Waals surface area contributed by atoms with Crippen molar-refractivity contribution in [1.82, 2.24) is 44.7 Å². The van der Waals surface area contributed by atoms with Crippen LogP contribution in [-0.2, 0) is 13.1 Å². The molecule has 9 nitrogen and oxygen atoms in total. The van der Waals surface area contributed by atoms with Crippen LogP contribution in [0.25, 0.3) is 33.5 Å². The van der Waals surface area contributed by atoms with Gasteiger partial charge in [0.2, 0.25) is 5.65 Å². The first-order valence-electron chi connectivity index (χ1n) is 9.08. The van der Waals surface area contributed by atoms with Gasteiger partial charge in [0.1, 0.15) is 6.33 Å². The molecule has 4 aromatic heterocycles. The summed E-state index contributed by atoms with van der Waals surface area (Å²) in [7, 11) is 0. The van der Waals surface area contributed by atoms with Crippen molar-refractivity contribution >= 4 is 22.2 Å². The number of rotatable bonds is 5. The van der Waals surface area contributed by atoms with E-state index in [0.717, 1.165) is 40.7 Å². The molecule has 0 saturated heterocycles. The van der Waals surface area contributed by atoms with E-state index < -0.39 is 0 Å². The quantitative estimate of drug-likeness (QED) is 0.468. The van der Waals surface area contributed by atoms with E-state index in [1.54, 1.807) is 23.4 Å². The number of benzene rings is 1. The lowest BCUT2D eigenvalue weighted by molar-refractivity contribution is 0.603. The first-order valence-corrected chi connectivity index (χ1v) is 9.08. The number of hydrogen-bond acceptors (Lipinski definition) is 7. The highest BCUT2D eigenvalue weighted by molar-refractivity contribution is 5.78. The first kappa shape index (κ1) is 16.4. The number of nitrogens with zero attached hydrogens (tertiary/aromatic N) is 9. The Balaban J connectivity index is 1.50. The van der Waals surface area contributed by atoms with Gasteiger partial charge in [-0.1, -0.05) is 18.2 Å². The molecule has 0 amide bonds. The Morgan fingerprint density at radius 1 is 1.07 bits per heavy atom. The lowest BCUT2D eigenvalue weighted by Gasteiger charge is -2.04. The summed E-state index contributed by atoms with van der Waals surface area (Å²) in [4.78, 5) is 17.5. The molecule has 0 spiro atoms. The van der Waals surface area contributed by atoms with Gasteiger partial charge in [0.15, 0.2) is 5.65 Å². The monoisotopic (exact) mass is 371 g/mol. The molecule has 0 bridgehead atoms. The van der Waals surface area contributed by atoms with Gasteiger partial charge < -0.3 is 0 Å². The molecule has 0 aliphatic carbocycles. The molecule has 138 valence electrons. The Bertz CT molecular complexity index is 1270. The number of aromatic nitrogens is 9. The fourth-order valence-corrected chi connectivity index (χ4v) is 3.15. The van der Waals surface area contributed by atoms with E-state index >= 15 is 0 Å². The van der Waals surface area contributed by atoms with Crippen LogP contribution in [0.5, 0.6) is 0 Å². The molecule has 5 aromatic rings. The third-order valence-corrected chi connectivity index (χ3v) is 4.51. The average Bonchev–Trinajstić information content (AvgIpc) is 3.35. The summed E-state index contributed by atoms with van der Waals surface area (Å²) >= 11 is 0. The lowest BCUT2D eigenvalue weighted by atomic mass is 10.1. The highest BCUT2D eigenvalue weighted by atomic mass is 15.4. The van der Waals surface area contributed by atoms with Gasteiger partial charge in [0, 0.05) is 29.9 Å². The van der Waals surface area contributed by atoms with Gasteiger partial charge in [0.05, 0.1) is 30.1 Å². The van der Waals surface area contributed by atoms with Crippen molar-refractivity contribution in [2.24, 2.45) is 0 Å². The van der Waals surface area contributed by atoms with Crippen molar-refractivity contribution in [2.45, 2.75) is 26.4 Å². The SMILES string of the molecule is CCCn1cc(-c2cnc3nnn(Cc4ccc5ncncc5c4)c3n2)cn1. The zero-order valence-corrected chi connectivity index (χ0v) is 15.3. The summed E-state index contributed by atoms with van der Waals surface area (Å²) in [6.07, 6.45) is 9.88. The highest BCUT2D eigenvalue weighted by Gasteiger charge is 2.12. The predicted molar refractivity (Wildman–Crippen MR) is 103 cm³/mol. The molecule has 0 fully saturated rings. The van der Waals surface area contributed by atoms with Crippen LogP contribution in [0, 0.1) is 0 Å². The Hall–Kier alpha value is -3.75. The van der Waals surface area contributed by atoms with Crippen molar-refractivity contribution < 1.29 is 0 Å². The summed E-state index contributed by atoms with van der Waals surface area (Å²) in [6, 6.07) is 6.05. The topological polar surface area (TPSA) is 100 Å². The second-order valence-corrected chi connectivity index (χ2v) is 6.56. The smallest absolute Gasteiger partial charge is 0.221 e. The van der Waals surface area contributed by atoms with Crippen molar-refractivity contribution in [2.75, 3.05) is 0 Å². The van der Waals surface area contributed by atoms with Gasteiger partial charge in [-0.05, 0) is 24.1 Å². The second-order valence-electron chi connectivity index (χ2n) is 6.56. The van der Waals surface area contributed by atoms with Crippen LogP contribution in [0.2, 0.25) is 0 Å². The minimum absolute atomic E-state index is 0.522. The molecule has 0 aliphatic rings. The molecule has 9 heteroatoms. The van der Waals surface area contributed by atoms with Gasteiger partial charge >= 0.3 is 0 Å². The number of hydrogen-bond donors (Lipinski definition) is 0. The third kappa shape index (κ3) is 2.96. The van der Waals surface area contributed by atoms with Gasteiger partial charge in [-0.3, -0.25) is 4.68 Å². The van der Waals surface area contributed by atoms with Crippen LogP contribution in [0.15, 0.2) is 49.3 Å². The van der Waals surface area contributed by atoms with Gasteiger partial charge in [-0.2, -0.15) is 5.10 Å². The fraction of sp³-hybridized carbons (Fsp3) is 0.211. The zero-order valence-electron chi connectivity index (χ0n) is 15.3. The molecule has 1 aromatic carbocycles. The maximum absolute atomic E-state index is 4.73. The third-order valence-electron chi connectivity index (χ3n) is 4.51. The molecule has 5 rings (SSSR count). The van der Waals surface area contributed by atoms with Crippen molar-refractivity contribution in [3.05, 3.63) is 54.9 Å². The van der Waals surface area contributed by atoms with Gasteiger partial charge in [0.25, 0.3) is 0 Å². The number of fused-ring (bicyclic) bond motifs is 2. The van der Waals surface area contributed by atoms with Crippen molar-refractivity contribution in [3.63, 3.8) is 0 Å². The van der Waals surface area contributed by atoms with Crippen LogP contribution >= 0.6 is 0 Å². The van der Waals surface area contributed by atoms with E-state index in [1.807, 2.05) is 29.2 Å². The average molecular weight is 371 g/mol. The Morgan fingerprint density at radius 3 is 2.96 bits per heavy atom. The van der Waals surface area contributed by atoms with Crippen LogP contribution in [-0.4, -0.2) is 44.7 Å². The maximum Gasteiger partial charge on any atom is 0.221 e. The van der Waals surface area contributed by atoms with Crippen LogP contribution < -0.4 is 0 Å². The molecule has 0 unspecified atom stereocenters. The van der Waals surface area contributed by atoms with E-state index in [-0.39, 0.29) is 0 Å². The summed E-state index contributed by atoms with van der Waals surface area (Å²) in [5.74, 6) is 0. The molecular formula is C19H17N9. The normalized spacial score (nSPS) is 11.5. The minimum Gasteiger partial charge on any atom is -0.272 e. The Labute approximate surface area is 160 Å². The highest BCUT2D eigenvalue weighted by Crippen LogP contribution is 2.19. The molecule has 0 aliphatic heterocycles. The minimum atomic E-state index is 0.522. The van der Waals surface area contributed by atoms with E-state index in [0.29, 0.717) is 17.8 Å². The lowest BCUT2D eigenvalue weighted by Crippen LogP contribution is -2.03. The largest absolute Gasteiger partial charge is 0.272 e. The van der Waals surface area contributed by atoms with Crippen molar-refractivity contribution in [3.8, 4) is 11.3 Å². The molecule has 0 radical (unpaired) electrons. The van der Waals surface area contributed by atoms with Crippen LogP contribution in [0.4, 0.5) is 0 Å². The van der Waals surface area contributed by atoms with E-state index in [2.05, 4.69) is 43.4 Å². The van der Waals surface area contributed by atoms with Crippen molar-refractivity contribution in [1.29, 1.82) is 0 Å². The fourth-order valence-electron chi connectivity index (χ4n) is 3.15. The number of aryl methyl sites for hydroxylation is 1. The summed E-state index contributed by atoms with van der Waals surface area (Å²) in [5.41, 5.74) is 4.83. The zero-order chi connectivity index (χ0) is 18.9. The Kier molecular flexibility index (Phi) is 3.97. The molecule has 0 N–H and O–H groups in total. The van der Waals surface area contributed by atoms with Gasteiger partial charge in [-0.15, -0.1) is 5.10 Å². The summed E-state index contributed by atoms with van der Waals surface area (Å²) in [5, 5.41) is 13.7. The standard InChI is InChI=1S/C19H17N9/c1-2-5-27-11-15(8-23-27)17-9-21-18-19(24-17)28(26-25-18)10-13-3-4-16-14(6-13)7-20-12-22-16/h3-4,6-9,11-12H,2,5,10H2,1H3. The predicted octanol–water partition coefficient (Wildman–Crippen LogP) is 2.49. The Morgan fingerprint density at radius 2 is 2.04 bits per heavy atom. The van der Waals surface area contributed by atoms with E-state index in [4.69, 9.17) is 4.98 Å². The maximum atomic E-state index is 4.73. The molecule has 4 heterocycles. The first-order chi connectivity index (χ1) is 13.8. The van der Waals surface area contributed by atoms with Gasteiger partial charge in [-0.25, -0.2) is 24.6 Å². The molecule has 0 saturated carbocycles. The summed E-state index contributed by atoms with van der Waals surface area (Å²) in [6.45, 7) is 3.53.